The molecule has 0 heterocycles. The Balaban J connectivity index is 5.36. The van der Waals surface area contributed by atoms with Crippen LogP contribution in [-0.4, -0.2) is 82.5 Å². The molecule has 15 nitrogen and oxygen atoms in total. The molecule has 0 aliphatic rings. The molecule has 0 aromatic rings. The highest BCUT2D eigenvalue weighted by Gasteiger charge is 2.31. The summed E-state index contributed by atoms with van der Waals surface area (Å²) in [4.78, 5) is 76.0. The van der Waals surface area contributed by atoms with Crippen LogP contribution in [0.15, 0.2) is 4.99 Å². The molecule has 0 aromatic heterocycles. The maximum Gasteiger partial charge on any atom is 0.326 e. The van der Waals surface area contributed by atoms with Gasteiger partial charge in [0.25, 0.3) is 0 Å². The number of carboxylic acids is 2. The Morgan fingerprint density at radius 3 is 1.92 bits per heavy atom. The minimum Gasteiger partial charge on any atom is -0.481 e. The van der Waals surface area contributed by atoms with Crippen molar-refractivity contribution in [1.82, 2.24) is 21.3 Å². The molecule has 0 aromatic carbocycles. The van der Waals surface area contributed by atoms with Crippen molar-refractivity contribution in [2.24, 2.45) is 22.4 Å². The number of hydrogen-bond acceptors (Lipinski definition) is 7. The standard InChI is InChI=1S/C22H39N7O8/c1-5-11(2)17(27-13(4)30)20(35)28-14(8-9-16(31)32)19(34)26-12(3)18(33)29-15(21(36)37)7-6-10-25-22(23)24/h11-12,14-15,17H,5-10H2,1-4H3,(H,26,34)(H,27,30)(H,28,35)(H,29,33)(H,31,32)(H,36,37)(H4,23,24,25)/t11-,12-,14-,15-,17-/m0/s1. The fraction of sp³-hybridized carbons (Fsp3) is 0.682. The van der Waals surface area contributed by atoms with Crippen LogP contribution >= 0.6 is 0 Å². The van der Waals surface area contributed by atoms with Crippen LogP contribution in [0.25, 0.3) is 0 Å². The topological polar surface area (TPSA) is 255 Å². The molecule has 0 saturated heterocycles. The fourth-order valence-corrected chi connectivity index (χ4v) is 3.16. The van der Waals surface area contributed by atoms with Crippen molar-refractivity contribution in [2.75, 3.05) is 6.54 Å². The lowest BCUT2D eigenvalue weighted by Crippen LogP contribution is -2.58. The molecule has 4 amide bonds. The van der Waals surface area contributed by atoms with E-state index < -0.39 is 66.2 Å². The lowest BCUT2D eigenvalue weighted by molar-refractivity contribution is -0.142. The molecule has 10 N–H and O–H groups in total. The highest BCUT2D eigenvalue weighted by Crippen LogP contribution is 2.10. The van der Waals surface area contributed by atoms with Crippen LogP contribution in [0.1, 0.15) is 59.8 Å². The molecular weight excluding hydrogens is 490 g/mol. The number of hydrogen-bond donors (Lipinski definition) is 8. The van der Waals surface area contributed by atoms with Crippen LogP contribution in [0.5, 0.6) is 0 Å². The van der Waals surface area contributed by atoms with E-state index in [1.165, 1.54) is 13.8 Å². The molecule has 0 unspecified atom stereocenters. The molecule has 5 atom stereocenters. The van der Waals surface area contributed by atoms with Gasteiger partial charge in [0.05, 0.1) is 0 Å². The molecule has 37 heavy (non-hydrogen) atoms. The van der Waals surface area contributed by atoms with E-state index >= 15 is 0 Å². The Hall–Kier alpha value is -3.91. The molecule has 0 rings (SSSR count). The van der Waals surface area contributed by atoms with Gasteiger partial charge in [0.15, 0.2) is 5.96 Å². The summed E-state index contributed by atoms with van der Waals surface area (Å²) < 4.78 is 0. The Labute approximate surface area is 215 Å². The van der Waals surface area contributed by atoms with Crippen LogP contribution in [0.3, 0.4) is 0 Å². The zero-order valence-corrected chi connectivity index (χ0v) is 21.6. The first-order valence-electron chi connectivity index (χ1n) is 11.9. The zero-order valence-electron chi connectivity index (χ0n) is 21.6. The smallest absolute Gasteiger partial charge is 0.326 e. The number of aliphatic carboxylic acids is 2. The number of aliphatic imine (C=N–C) groups is 1. The first-order valence-corrected chi connectivity index (χ1v) is 11.9. The van der Waals surface area contributed by atoms with E-state index in [-0.39, 0.29) is 37.7 Å². The second-order valence-corrected chi connectivity index (χ2v) is 8.64. The second kappa shape index (κ2) is 16.7. The van der Waals surface area contributed by atoms with E-state index in [0.717, 1.165) is 0 Å². The maximum atomic E-state index is 12.8. The van der Waals surface area contributed by atoms with Crippen molar-refractivity contribution in [3.05, 3.63) is 0 Å². The van der Waals surface area contributed by atoms with Gasteiger partial charge >= 0.3 is 11.9 Å². The van der Waals surface area contributed by atoms with Gasteiger partial charge in [-0.2, -0.15) is 0 Å². The van der Waals surface area contributed by atoms with Gasteiger partial charge in [0.1, 0.15) is 24.2 Å². The van der Waals surface area contributed by atoms with Crippen LogP contribution in [-0.2, 0) is 28.8 Å². The van der Waals surface area contributed by atoms with Gasteiger partial charge in [0.2, 0.25) is 23.6 Å². The number of carbonyl (C=O) groups is 6. The normalized spacial score (nSPS) is 14.6. The van der Waals surface area contributed by atoms with Crippen LogP contribution < -0.4 is 32.7 Å². The second-order valence-electron chi connectivity index (χ2n) is 8.64. The summed E-state index contributed by atoms with van der Waals surface area (Å²) in [6, 6.07) is -4.76. The number of nitrogens with one attached hydrogen (secondary N) is 4. The zero-order chi connectivity index (χ0) is 28.7. The van der Waals surface area contributed by atoms with Gasteiger partial charge in [-0.15, -0.1) is 0 Å². The number of nitrogens with two attached hydrogens (primary N) is 2. The minimum absolute atomic E-state index is 0.0238. The highest BCUT2D eigenvalue weighted by molar-refractivity contribution is 5.95. The van der Waals surface area contributed by atoms with Crippen molar-refractivity contribution in [3.63, 3.8) is 0 Å². The first kappa shape index (κ1) is 33.1. The molecule has 0 spiro atoms. The number of amides is 4. The number of carbonyl (C=O) groups excluding carboxylic acids is 4. The third-order valence-electron chi connectivity index (χ3n) is 5.45. The lowest BCUT2D eigenvalue weighted by atomic mass is 9.97. The lowest BCUT2D eigenvalue weighted by Gasteiger charge is -2.26. The Morgan fingerprint density at radius 1 is 0.838 bits per heavy atom. The first-order chi connectivity index (χ1) is 17.2. The average molecular weight is 530 g/mol. The Bertz CT molecular complexity index is 860. The molecule has 0 saturated carbocycles. The molecular formula is C22H39N7O8. The average Bonchev–Trinajstić information content (AvgIpc) is 2.80. The van der Waals surface area contributed by atoms with Gasteiger partial charge in [0, 0.05) is 19.9 Å². The van der Waals surface area contributed by atoms with E-state index in [9.17, 15) is 33.9 Å². The molecule has 0 aliphatic carbocycles. The van der Waals surface area contributed by atoms with Crippen LogP contribution in [0.2, 0.25) is 0 Å². The summed E-state index contributed by atoms with van der Waals surface area (Å²) >= 11 is 0. The van der Waals surface area contributed by atoms with E-state index in [1.54, 1.807) is 6.92 Å². The van der Waals surface area contributed by atoms with Crippen molar-refractivity contribution in [2.45, 2.75) is 84.0 Å². The molecule has 210 valence electrons. The largest absolute Gasteiger partial charge is 0.481 e. The van der Waals surface area contributed by atoms with Crippen molar-refractivity contribution >= 4 is 41.5 Å². The monoisotopic (exact) mass is 529 g/mol. The van der Waals surface area contributed by atoms with Gasteiger partial charge < -0.3 is 42.9 Å². The number of carboxylic acid groups (broad SMARTS) is 2. The van der Waals surface area contributed by atoms with Gasteiger partial charge in [-0.1, -0.05) is 20.3 Å². The number of guanidine groups is 1. The molecule has 0 radical (unpaired) electrons. The van der Waals surface area contributed by atoms with Gasteiger partial charge in [-0.05, 0) is 32.1 Å². The van der Waals surface area contributed by atoms with E-state index in [2.05, 4.69) is 26.3 Å². The van der Waals surface area contributed by atoms with E-state index in [0.29, 0.717) is 6.42 Å². The number of rotatable bonds is 17. The predicted octanol–water partition coefficient (Wildman–Crippen LogP) is -1.99. The van der Waals surface area contributed by atoms with Crippen molar-refractivity contribution in [1.29, 1.82) is 0 Å². The minimum atomic E-state index is -1.32. The predicted molar refractivity (Wildman–Crippen MR) is 133 cm³/mol. The Morgan fingerprint density at radius 2 is 1.43 bits per heavy atom. The van der Waals surface area contributed by atoms with Gasteiger partial charge in [-0.25, -0.2) is 4.79 Å². The maximum absolute atomic E-state index is 12.8. The third-order valence-corrected chi connectivity index (χ3v) is 5.45. The van der Waals surface area contributed by atoms with Crippen LogP contribution in [0.4, 0.5) is 0 Å². The molecule has 0 aliphatic heterocycles. The highest BCUT2D eigenvalue weighted by atomic mass is 16.4. The van der Waals surface area contributed by atoms with E-state index in [1.807, 2.05) is 6.92 Å². The fourth-order valence-electron chi connectivity index (χ4n) is 3.16. The third kappa shape index (κ3) is 13.7. The van der Waals surface area contributed by atoms with Gasteiger partial charge in [-0.3, -0.25) is 29.0 Å². The molecule has 15 heteroatoms. The summed E-state index contributed by atoms with van der Waals surface area (Å²) in [6.45, 7) is 6.25. The summed E-state index contributed by atoms with van der Waals surface area (Å²) in [6.07, 6.45) is 0.0973. The van der Waals surface area contributed by atoms with Crippen molar-refractivity contribution < 1.29 is 39.0 Å². The summed E-state index contributed by atoms with van der Waals surface area (Å²) in [7, 11) is 0. The van der Waals surface area contributed by atoms with E-state index in [4.69, 9.17) is 16.6 Å². The van der Waals surface area contributed by atoms with Crippen LogP contribution in [0, 0.1) is 5.92 Å². The molecule has 0 fully saturated rings. The summed E-state index contributed by atoms with van der Waals surface area (Å²) in [5, 5.41) is 28.0. The molecule has 0 bridgehead atoms. The quantitative estimate of drug-likeness (QED) is 0.0584. The SMILES string of the molecule is CC[C@H](C)[C@H](NC(C)=O)C(=O)N[C@@H](CCC(=O)O)C(=O)N[C@@H](C)C(=O)N[C@@H](CCCN=C(N)N)C(=O)O. The Kier molecular flexibility index (Phi) is 14.9. The van der Waals surface area contributed by atoms with Crippen molar-refractivity contribution in [3.8, 4) is 0 Å². The number of nitrogens with zero attached hydrogens (tertiary/aromatic N) is 1. The summed E-state index contributed by atoms with van der Waals surface area (Å²) in [5.74, 6) is -5.71. The summed E-state index contributed by atoms with van der Waals surface area (Å²) in [5.41, 5.74) is 10.4.